The van der Waals surface area contributed by atoms with E-state index in [0.717, 1.165) is 17.7 Å². The summed E-state index contributed by atoms with van der Waals surface area (Å²) in [5.41, 5.74) is 1.25. The number of nitrogens with zero attached hydrogens (tertiary/aromatic N) is 3. The van der Waals surface area contributed by atoms with E-state index in [2.05, 4.69) is 45.2 Å². The fourth-order valence-corrected chi connectivity index (χ4v) is 3.63. The summed E-state index contributed by atoms with van der Waals surface area (Å²) in [6.07, 6.45) is -1.58. The van der Waals surface area contributed by atoms with Crippen molar-refractivity contribution in [3.63, 3.8) is 0 Å². The Morgan fingerprint density at radius 2 is 1.89 bits per heavy atom. The first-order valence-electron chi connectivity index (χ1n) is 11.0. The van der Waals surface area contributed by atoms with E-state index in [1.165, 1.54) is 6.07 Å². The predicted molar refractivity (Wildman–Crippen MR) is 137 cm³/mol. The lowest BCUT2D eigenvalue weighted by Crippen LogP contribution is -2.18. The number of amides is 2. The molecule has 188 valence electrons. The fraction of sp³-hybridized carbons (Fsp3) is 0.154. The zero-order valence-electron chi connectivity index (χ0n) is 19.4. The van der Waals surface area contributed by atoms with Gasteiger partial charge < -0.3 is 10.6 Å². The third-order valence-corrected chi connectivity index (χ3v) is 5.52. The van der Waals surface area contributed by atoms with Crippen molar-refractivity contribution in [2.24, 2.45) is 0 Å². The number of hydrogen-bond acceptors (Lipinski definition) is 5. The van der Waals surface area contributed by atoms with Crippen LogP contribution in [0.3, 0.4) is 0 Å². The van der Waals surface area contributed by atoms with Crippen LogP contribution in [0.5, 0.6) is 0 Å². The molecule has 0 radical (unpaired) electrons. The molecule has 2 N–H and O–H groups in total. The maximum atomic E-state index is 13.6. The Morgan fingerprint density at radius 3 is 2.65 bits per heavy atom. The van der Waals surface area contributed by atoms with Gasteiger partial charge in [0, 0.05) is 29.4 Å². The number of fused-ring (bicyclic) bond motifs is 1. The van der Waals surface area contributed by atoms with Crippen molar-refractivity contribution in [3.05, 3.63) is 88.9 Å². The van der Waals surface area contributed by atoms with Gasteiger partial charge in [-0.2, -0.15) is 30.9 Å². The van der Waals surface area contributed by atoms with E-state index in [1.54, 1.807) is 47.2 Å². The monoisotopic (exact) mass is 523 g/mol. The Kier molecular flexibility index (Phi) is 7.50. The Hall–Kier alpha value is -4.30. The minimum absolute atomic E-state index is 0.0364. The third-order valence-electron chi connectivity index (χ3n) is 5.30. The normalized spacial score (nSPS) is 11.1. The maximum Gasteiger partial charge on any atom is 0.418 e. The highest BCUT2D eigenvalue weighted by atomic mass is 32.1. The number of aromatic nitrogens is 3. The molecule has 0 aliphatic carbocycles. The molecule has 4 aromatic rings. The van der Waals surface area contributed by atoms with Crippen LogP contribution >= 0.6 is 12.6 Å². The van der Waals surface area contributed by atoms with Crippen LogP contribution in [0.1, 0.15) is 39.2 Å². The number of anilines is 2. The molecule has 0 aliphatic rings. The molecule has 0 bridgehead atoms. The topological polar surface area (TPSA) is 88.4 Å². The second-order valence-electron chi connectivity index (χ2n) is 7.95. The van der Waals surface area contributed by atoms with E-state index in [9.17, 15) is 22.8 Å². The molecule has 37 heavy (non-hydrogen) atoms. The molecular weight excluding hydrogens is 503 g/mol. The largest absolute Gasteiger partial charge is 0.418 e. The van der Waals surface area contributed by atoms with Crippen molar-refractivity contribution in [3.8, 4) is 11.8 Å². The average molecular weight is 524 g/mol. The summed E-state index contributed by atoms with van der Waals surface area (Å²) in [5.74, 6) is 4.98. The Labute approximate surface area is 215 Å². The molecule has 0 spiro atoms. The van der Waals surface area contributed by atoms with E-state index in [4.69, 9.17) is 0 Å². The molecule has 0 saturated carbocycles. The van der Waals surface area contributed by atoms with Gasteiger partial charge in [0.25, 0.3) is 5.91 Å². The zero-order valence-corrected chi connectivity index (χ0v) is 20.3. The minimum Gasteiger partial charge on any atom is -0.325 e. The van der Waals surface area contributed by atoms with Crippen LogP contribution in [-0.4, -0.2) is 32.2 Å². The molecule has 2 amide bonds. The number of nitrogens with one attached hydrogen (secondary N) is 2. The first-order valence-corrected chi connectivity index (χ1v) is 11.6. The van der Waals surface area contributed by atoms with Gasteiger partial charge >= 0.3 is 6.18 Å². The maximum absolute atomic E-state index is 13.6. The highest BCUT2D eigenvalue weighted by Gasteiger charge is 2.34. The quantitative estimate of drug-likeness (QED) is 0.255. The molecule has 0 unspecified atom stereocenters. The Bertz CT molecular complexity index is 1550. The average Bonchev–Trinajstić information content (AvgIpc) is 3.27. The SMILES string of the molecule is Cc1ccc(C(=O)Nc2ccc(NC(=O)CCS)c(C(F)(F)F)c2)cc1C#Cc1cnc2cccnn12. The van der Waals surface area contributed by atoms with Crippen molar-refractivity contribution in [2.45, 2.75) is 19.5 Å². The highest BCUT2D eigenvalue weighted by Crippen LogP contribution is 2.36. The molecule has 0 fully saturated rings. The molecule has 11 heteroatoms. The van der Waals surface area contributed by atoms with Crippen LogP contribution < -0.4 is 10.6 Å². The van der Waals surface area contributed by atoms with Crippen molar-refractivity contribution >= 4 is 41.5 Å². The lowest BCUT2D eigenvalue weighted by Gasteiger charge is -2.16. The summed E-state index contributed by atoms with van der Waals surface area (Å²) >= 11 is 3.91. The van der Waals surface area contributed by atoms with Crippen molar-refractivity contribution in [1.29, 1.82) is 0 Å². The van der Waals surface area contributed by atoms with Gasteiger partial charge in [0.1, 0.15) is 5.69 Å². The van der Waals surface area contributed by atoms with Crippen LogP contribution in [0.4, 0.5) is 24.5 Å². The summed E-state index contributed by atoms with van der Waals surface area (Å²) in [5, 5.41) is 8.92. The van der Waals surface area contributed by atoms with Crippen LogP contribution in [0.2, 0.25) is 0 Å². The fourth-order valence-electron chi connectivity index (χ4n) is 3.43. The van der Waals surface area contributed by atoms with Gasteiger partial charge in [-0.05, 0) is 66.6 Å². The molecule has 2 aromatic carbocycles. The molecule has 0 saturated heterocycles. The third kappa shape index (κ3) is 6.10. The van der Waals surface area contributed by atoms with Gasteiger partial charge in [-0.25, -0.2) is 9.50 Å². The number of aryl methyl sites for hydroxylation is 1. The number of carbonyl (C=O) groups is 2. The van der Waals surface area contributed by atoms with E-state index >= 15 is 0 Å². The van der Waals surface area contributed by atoms with Gasteiger partial charge in [-0.1, -0.05) is 12.0 Å². The standard InChI is InChI=1S/C26H20F3N5O2S/c1-16-4-5-18(13-17(16)6-8-20-15-30-23-3-2-11-31-34(20)23)25(36)32-19-7-9-22(33-24(35)10-12-37)21(14-19)26(27,28)29/h2-5,7,9,11,13-15,37H,10,12H2,1H3,(H,32,36)(H,33,35). The number of thiol groups is 1. The summed E-state index contributed by atoms with van der Waals surface area (Å²) in [4.78, 5) is 28.9. The smallest absolute Gasteiger partial charge is 0.325 e. The number of hydrogen-bond donors (Lipinski definition) is 3. The van der Waals surface area contributed by atoms with Gasteiger partial charge in [0.2, 0.25) is 5.91 Å². The van der Waals surface area contributed by atoms with Crippen LogP contribution in [0.25, 0.3) is 5.65 Å². The molecule has 7 nitrogen and oxygen atoms in total. The van der Waals surface area contributed by atoms with Crippen molar-refractivity contribution < 1.29 is 22.8 Å². The van der Waals surface area contributed by atoms with E-state index in [1.807, 2.05) is 6.92 Å². The number of benzene rings is 2. The van der Waals surface area contributed by atoms with Gasteiger partial charge in [-0.3, -0.25) is 9.59 Å². The van der Waals surface area contributed by atoms with Crippen molar-refractivity contribution in [2.75, 3.05) is 16.4 Å². The molecule has 0 aliphatic heterocycles. The minimum atomic E-state index is -4.75. The molecular formula is C26H20F3N5O2S. The lowest BCUT2D eigenvalue weighted by molar-refractivity contribution is -0.136. The van der Waals surface area contributed by atoms with Gasteiger partial charge in [-0.15, -0.1) is 0 Å². The van der Waals surface area contributed by atoms with E-state index in [0.29, 0.717) is 16.9 Å². The molecule has 0 atom stereocenters. The number of imidazole rings is 1. The number of halogens is 3. The first kappa shape index (κ1) is 25.8. The summed E-state index contributed by atoms with van der Waals surface area (Å²) in [6.45, 7) is 1.83. The van der Waals surface area contributed by atoms with Crippen molar-refractivity contribution in [1.82, 2.24) is 14.6 Å². The summed E-state index contributed by atoms with van der Waals surface area (Å²) in [7, 11) is 0. The van der Waals surface area contributed by atoms with E-state index in [-0.39, 0.29) is 23.4 Å². The zero-order chi connectivity index (χ0) is 26.6. The van der Waals surface area contributed by atoms with E-state index < -0.39 is 29.2 Å². The van der Waals surface area contributed by atoms with Gasteiger partial charge in [0.15, 0.2) is 5.65 Å². The predicted octanol–water partition coefficient (Wildman–Crippen LogP) is 4.97. The Morgan fingerprint density at radius 1 is 1.08 bits per heavy atom. The number of carbonyl (C=O) groups excluding carboxylic acids is 2. The summed E-state index contributed by atoms with van der Waals surface area (Å²) in [6, 6.07) is 11.5. The molecule has 2 heterocycles. The second-order valence-corrected chi connectivity index (χ2v) is 8.40. The van der Waals surface area contributed by atoms with Gasteiger partial charge in [0.05, 0.1) is 17.4 Å². The number of alkyl halides is 3. The lowest BCUT2D eigenvalue weighted by atomic mass is 10.0. The van der Waals surface area contributed by atoms with Crippen LogP contribution in [0, 0.1) is 18.8 Å². The Balaban J connectivity index is 1.57. The number of rotatable bonds is 5. The second kappa shape index (κ2) is 10.8. The van der Waals surface area contributed by atoms with Crippen LogP contribution in [-0.2, 0) is 11.0 Å². The van der Waals surface area contributed by atoms with Crippen LogP contribution in [0.15, 0.2) is 60.9 Å². The first-order chi connectivity index (χ1) is 17.7. The highest BCUT2D eigenvalue weighted by molar-refractivity contribution is 7.80. The summed E-state index contributed by atoms with van der Waals surface area (Å²) < 4.78 is 42.4. The molecule has 4 rings (SSSR count). The molecule has 2 aromatic heterocycles.